The van der Waals surface area contributed by atoms with Crippen LogP contribution < -0.4 is 5.32 Å². The van der Waals surface area contributed by atoms with Crippen molar-refractivity contribution in [1.82, 2.24) is 15.1 Å². The van der Waals surface area contributed by atoms with Crippen molar-refractivity contribution >= 4 is 5.97 Å². The fourth-order valence-corrected chi connectivity index (χ4v) is 9.37. The second-order valence-corrected chi connectivity index (χ2v) is 18.2. The van der Waals surface area contributed by atoms with Gasteiger partial charge >= 0.3 is 5.97 Å². The summed E-state index contributed by atoms with van der Waals surface area (Å²) in [5.41, 5.74) is -3.14. The first-order chi connectivity index (χ1) is 24.0. The molecule has 0 aromatic rings. The van der Waals surface area contributed by atoms with Gasteiger partial charge in [0.05, 0.1) is 41.5 Å². The number of nitrogens with zero attached hydrogens (tertiary/aromatic N) is 2. The van der Waals surface area contributed by atoms with Gasteiger partial charge in [0.25, 0.3) is 0 Å². The molecule has 2 bridgehead atoms. The molecule has 4 N–H and O–H groups in total. The summed E-state index contributed by atoms with van der Waals surface area (Å²) in [6, 6.07) is -0.886. The lowest BCUT2D eigenvalue weighted by Gasteiger charge is -2.51. The highest BCUT2D eigenvalue weighted by molar-refractivity contribution is 5.73. The van der Waals surface area contributed by atoms with Crippen LogP contribution in [0.1, 0.15) is 102 Å². The van der Waals surface area contributed by atoms with E-state index in [-0.39, 0.29) is 5.92 Å². The van der Waals surface area contributed by atoms with E-state index in [1.165, 1.54) is 0 Å². The van der Waals surface area contributed by atoms with Crippen LogP contribution in [0.4, 0.5) is 0 Å². The fraction of sp³-hybridized carbons (Fsp3) is 0.974. The van der Waals surface area contributed by atoms with Crippen molar-refractivity contribution in [2.75, 3.05) is 40.8 Å². The van der Waals surface area contributed by atoms with Gasteiger partial charge in [0, 0.05) is 44.4 Å². The zero-order valence-electron chi connectivity index (χ0n) is 34.5. The van der Waals surface area contributed by atoms with E-state index in [4.69, 9.17) is 28.4 Å². The maximum absolute atomic E-state index is 14.2. The molecular weight excluding hydrogens is 670 g/mol. The van der Waals surface area contributed by atoms with Crippen molar-refractivity contribution in [1.29, 1.82) is 0 Å². The summed E-state index contributed by atoms with van der Waals surface area (Å²) in [4.78, 5) is 18.2. The number of fused-ring (bicyclic) bond motifs is 3. The number of hydrogen-bond donors (Lipinski definition) is 4. The summed E-state index contributed by atoms with van der Waals surface area (Å²) in [5.74, 6) is -2.75. The second kappa shape index (κ2) is 16.6. The van der Waals surface area contributed by atoms with Crippen molar-refractivity contribution in [3.8, 4) is 0 Å². The summed E-state index contributed by atoms with van der Waals surface area (Å²) >= 11 is 0. The molecule has 4 aliphatic heterocycles. The topological polar surface area (TPSA) is 152 Å². The maximum Gasteiger partial charge on any atom is 0.311 e. The van der Waals surface area contributed by atoms with Gasteiger partial charge in [-0.3, -0.25) is 4.79 Å². The number of ether oxygens (including phenoxy) is 6. The molecule has 0 aliphatic carbocycles. The molecular formula is C39H73N3O10. The summed E-state index contributed by atoms with van der Waals surface area (Å²) < 4.78 is 40.5. The van der Waals surface area contributed by atoms with E-state index in [1.807, 2.05) is 79.4 Å². The molecule has 4 aliphatic rings. The van der Waals surface area contributed by atoms with Crippen molar-refractivity contribution < 1.29 is 48.5 Å². The lowest BCUT2D eigenvalue weighted by atomic mass is 9.78. The number of carbonyl (C=O) groups is 1. The average Bonchev–Trinajstić information content (AvgIpc) is 3.11. The van der Waals surface area contributed by atoms with E-state index in [0.29, 0.717) is 45.3 Å². The Morgan fingerprint density at radius 1 is 1.06 bits per heavy atom. The molecule has 15 atom stereocenters. The SMILES string of the molecule is CC[C@H]1OC(=O)[C@H](C)[C@H]2OC3(CCNCC3)O[C@@](C)(C[C@@H](C)CN(C)[C@H](C)[C@@H](O)[C@]1(C)O)[C@H](O[C@@H]1O[C@H](C)[C@@H](OC(C)(C)C)[C@H](N(C)C)[C@H]1O)[C@H]2C. The lowest BCUT2D eigenvalue weighted by Crippen LogP contribution is -2.65. The van der Waals surface area contributed by atoms with Gasteiger partial charge in [-0.05, 0) is 95.3 Å². The van der Waals surface area contributed by atoms with Crippen LogP contribution in [-0.4, -0.2) is 156 Å². The third kappa shape index (κ3) is 9.34. The predicted molar refractivity (Wildman–Crippen MR) is 198 cm³/mol. The predicted octanol–water partition coefficient (Wildman–Crippen LogP) is 2.91. The minimum Gasteiger partial charge on any atom is -0.459 e. The number of nitrogens with one attached hydrogen (secondary N) is 1. The molecule has 52 heavy (non-hydrogen) atoms. The van der Waals surface area contributed by atoms with Crippen LogP contribution in [-0.2, 0) is 33.2 Å². The van der Waals surface area contributed by atoms with E-state index >= 15 is 0 Å². The van der Waals surface area contributed by atoms with Crippen LogP contribution in [0.15, 0.2) is 0 Å². The van der Waals surface area contributed by atoms with E-state index in [0.717, 1.165) is 0 Å². The molecule has 0 saturated carbocycles. The van der Waals surface area contributed by atoms with Crippen molar-refractivity contribution in [3.63, 3.8) is 0 Å². The zero-order valence-corrected chi connectivity index (χ0v) is 34.5. The first kappa shape index (κ1) is 43.8. The smallest absolute Gasteiger partial charge is 0.311 e. The number of hydrogen-bond acceptors (Lipinski definition) is 13. The summed E-state index contributed by atoms with van der Waals surface area (Å²) in [6.07, 6.45) is -4.51. The molecule has 0 amide bonds. The van der Waals surface area contributed by atoms with Gasteiger partial charge in [0.2, 0.25) is 0 Å². The minimum atomic E-state index is -1.71. The molecule has 1 spiro atoms. The van der Waals surface area contributed by atoms with Gasteiger partial charge in [-0.15, -0.1) is 0 Å². The molecule has 0 aromatic carbocycles. The molecule has 0 radical (unpaired) electrons. The van der Waals surface area contributed by atoms with Gasteiger partial charge < -0.3 is 58.9 Å². The number of carbonyl (C=O) groups excluding carboxylic acids is 1. The van der Waals surface area contributed by atoms with Crippen LogP contribution in [0.5, 0.6) is 0 Å². The average molecular weight is 744 g/mol. The number of aliphatic hydroxyl groups excluding tert-OH is 2. The molecule has 304 valence electrons. The van der Waals surface area contributed by atoms with Crippen LogP contribution in [0, 0.1) is 17.8 Å². The van der Waals surface area contributed by atoms with Gasteiger partial charge in [-0.1, -0.05) is 20.8 Å². The highest BCUT2D eigenvalue weighted by atomic mass is 16.7. The van der Waals surface area contributed by atoms with Crippen molar-refractivity contribution in [3.05, 3.63) is 0 Å². The zero-order chi connectivity index (χ0) is 39.1. The highest BCUT2D eigenvalue weighted by Gasteiger charge is 2.58. The van der Waals surface area contributed by atoms with Crippen molar-refractivity contribution in [2.24, 2.45) is 17.8 Å². The molecule has 0 aromatic heterocycles. The Morgan fingerprint density at radius 3 is 2.23 bits per heavy atom. The van der Waals surface area contributed by atoms with E-state index in [2.05, 4.69) is 19.2 Å². The molecule has 4 rings (SSSR count). The van der Waals surface area contributed by atoms with Gasteiger partial charge in [0.15, 0.2) is 12.1 Å². The number of cyclic esters (lactones) is 1. The lowest BCUT2D eigenvalue weighted by molar-refractivity contribution is -0.340. The first-order valence-corrected chi connectivity index (χ1v) is 19.7. The van der Waals surface area contributed by atoms with E-state index < -0.39 is 101 Å². The highest BCUT2D eigenvalue weighted by Crippen LogP contribution is 2.47. The first-order valence-electron chi connectivity index (χ1n) is 19.7. The third-order valence-electron chi connectivity index (χ3n) is 12.1. The maximum atomic E-state index is 14.2. The van der Waals surface area contributed by atoms with Crippen molar-refractivity contribution in [2.45, 2.75) is 186 Å². The summed E-state index contributed by atoms with van der Waals surface area (Å²) in [5, 5.41) is 38.7. The normalized spacial score (nSPS) is 46.0. The molecule has 4 fully saturated rings. The Balaban J connectivity index is 1.84. The Labute approximate surface area is 313 Å². The second-order valence-electron chi connectivity index (χ2n) is 18.2. The number of piperidine rings is 1. The number of rotatable bonds is 5. The Bertz CT molecular complexity index is 1180. The monoisotopic (exact) mass is 744 g/mol. The van der Waals surface area contributed by atoms with Gasteiger partial charge in [-0.2, -0.15) is 0 Å². The molecule has 4 saturated heterocycles. The van der Waals surface area contributed by atoms with Gasteiger partial charge in [0.1, 0.15) is 30.0 Å². The largest absolute Gasteiger partial charge is 0.459 e. The number of aliphatic hydroxyl groups is 3. The molecule has 4 heterocycles. The van der Waals surface area contributed by atoms with E-state index in [1.54, 1.807) is 13.8 Å². The van der Waals surface area contributed by atoms with Crippen LogP contribution >= 0.6 is 0 Å². The third-order valence-corrected chi connectivity index (χ3v) is 12.1. The summed E-state index contributed by atoms with van der Waals surface area (Å²) in [7, 11) is 5.77. The standard InChI is InChI=1S/C39H73N3O10/c1-15-27-38(11,46)32(44)25(5)42(14)21-22(2)20-37(10)33(49-35-29(43)28(41(12)13)31(26(6)47-35)50-36(7,8)9)23(3)30(24(4)34(45)48-27)51-39(52-37)16-18-40-19-17-39/h22-33,35,40,43-44,46H,15-21H2,1-14H3/t22-,23+,24-,25-,26-,27-,28-,29-,30+,31-,32-,33-,35+,37+,38-/m1/s1. The van der Waals surface area contributed by atoms with Crippen LogP contribution in [0.2, 0.25) is 0 Å². The summed E-state index contributed by atoms with van der Waals surface area (Å²) in [6.45, 7) is 23.1. The fourth-order valence-electron chi connectivity index (χ4n) is 9.37. The Hall–Kier alpha value is -0.970. The molecule has 0 unspecified atom stereocenters. The number of likely N-dealkylation sites (N-methyl/N-ethyl adjacent to an activating group) is 2. The van der Waals surface area contributed by atoms with Crippen LogP contribution in [0.25, 0.3) is 0 Å². The molecule has 13 nitrogen and oxygen atoms in total. The Morgan fingerprint density at radius 2 is 1.67 bits per heavy atom. The Kier molecular flexibility index (Phi) is 14.0. The van der Waals surface area contributed by atoms with Crippen LogP contribution in [0.3, 0.4) is 0 Å². The molecule has 13 heteroatoms. The number of esters is 1. The quantitative estimate of drug-likeness (QED) is 0.306. The van der Waals surface area contributed by atoms with Gasteiger partial charge in [-0.25, -0.2) is 0 Å². The van der Waals surface area contributed by atoms with E-state index in [9.17, 15) is 20.1 Å². The minimum absolute atomic E-state index is 0.0285.